The van der Waals surface area contributed by atoms with Crippen molar-refractivity contribution in [1.29, 1.82) is 0 Å². The van der Waals surface area contributed by atoms with Crippen LogP contribution in [0.15, 0.2) is 18.5 Å². The highest BCUT2D eigenvalue weighted by Crippen LogP contribution is 2.15. The van der Waals surface area contributed by atoms with Crippen LogP contribution in [0, 0.1) is 0 Å². The maximum Gasteiger partial charge on any atom is 0.254 e. The van der Waals surface area contributed by atoms with Gasteiger partial charge in [-0.05, 0) is 12.5 Å². The molecule has 1 heterocycles. The SMILES string of the molecule is CCCOc1ccncc1C(N)=O. The lowest BCUT2D eigenvalue weighted by Crippen LogP contribution is -2.13. The number of aromatic nitrogens is 1. The second-order valence-electron chi connectivity index (χ2n) is 2.58. The lowest BCUT2D eigenvalue weighted by Gasteiger charge is -2.06. The molecule has 70 valence electrons. The number of pyridine rings is 1. The Labute approximate surface area is 76.7 Å². The van der Waals surface area contributed by atoms with Gasteiger partial charge >= 0.3 is 0 Å². The lowest BCUT2D eigenvalue weighted by molar-refractivity contribution is 0.0996. The van der Waals surface area contributed by atoms with Crippen molar-refractivity contribution in [3.8, 4) is 5.75 Å². The van der Waals surface area contributed by atoms with Crippen molar-refractivity contribution >= 4 is 5.91 Å². The Hall–Kier alpha value is -1.58. The quantitative estimate of drug-likeness (QED) is 0.750. The summed E-state index contributed by atoms with van der Waals surface area (Å²) in [6.45, 7) is 2.56. The molecule has 0 saturated carbocycles. The smallest absolute Gasteiger partial charge is 0.254 e. The first-order valence-electron chi connectivity index (χ1n) is 4.12. The molecule has 0 aromatic carbocycles. The van der Waals surface area contributed by atoms with Crippen molar-refractivity contribution in [2.45, 2.75) is 13.3 Å². The highest BCUT2D eigenvalue weighted by molar-refractivity contribution is 5.95. The van der Waals surface area contributed by atoms with E-state index in [2.05, 4.69) is 4.98 Å². The Bertz CT molecular complexity index is 299. The molecule has 1 aromatic rings. The van der Waals surface area contributed by atoms with Gasteiger partial charge in [-0.1, -0.05) is 6.92 Å². The fourth-order valence-electron chi connectivity index (χ4n) is 0.905. The van der Waals surface area contributed by atoms with Crippen LogP contribution in [0.4, 0.5) is 0 Å². The van der Waals surface area contributed by atoms with E-state index in [1.807, 2.05) is 6.92 Å². The van der Waals surface area contributed by atoms with Crippen LogP contribution < -0.4 is 10.5 Å². The van der Waals surface area contributed by atoms with Gasteiger partial charge in [0.05, 0.1) is 12.2 Å². The minimum atomic E-state index is -0.515. The molecular formula is C9H12N2O2. The number of carbonyl (C=O) groups is 1. The van der Waals surface area contributed by atoms with E-state index in [4.69, 9.17) is 10.5 Å². The molecule has 1 rings (SSSR count). The Balaban J connectivity index is 2.84. The lowest BCUT2D eigenvalue weighted by atomic mass is 10.2. The third-order valence-electron chi connectivity index (χ3n) is 1.51. The molecule has 0 aliphatic carbocycles. The van der Waals surface area contributed by atoms with Crippen molar-refractivity contribution in [2.75, 3.05) is 6.61 Å². The third-order valence-corrected chi connectivity index (χ3v) is 1.51. The Morgan fingerprint density at radius 3 is 3.08 bits per heavy atom. The zero-order valence-corrected chi connectivity index (χ0v) is 7.49. The molecule has 4 nitrogen and oxygen atoms in total. The molecule has 1 aromatic heterocycles. The highest BCUT2D eigenvalue weighted by Gasteiger charge is 2.07. The number of carbonyl (C=O) groups excluding carboxylic acids is 1. The molecule has 0 atom stereocenters. The predicted octanol–water partition coefficient (Wildman–Crippen LogP) is 0.969. The fourth-order valence-corrected chi connectivity index (χ4v) is 0.905. The molecule has 1 amide bonds. The van der Waals surface area contributed by atoms with Gasteiger partial charge in [-0.15, -0.1) is 0 Å². The third kappa shape index (κ3) is 2.43. The first kappa shape index (κ1) is 9.51. The minimum absolute atomic E-state index is 0.330. The summed E-state index contributed by atoms with van der Waals surface area (Å²) in [5.41, 5.74) is 5.46. The van der Waals surface area contributed by atoms with Crippen LogP contribution in [0.5, 0.6) is 5.75 Å². The zero-order chi connectivity index (χ0) is 9.68. The van der Waals surface area contributed by atoms with E-state index in [1.165, 1.54) is 6.20 Å². The number of ether oxygens (including phenoxy) is 1. The molecule has 0 aliphatic rings. The number of nitrogens with zero attached hydrogens (tertiary/aromatic N) is 1. The summed E-state index contributed by atoms with van der Waals surface area (Å²) in [7, 11) is 0. The summed E-state index contributed by atoms with van der Waals surface area (Å²) in [4.78, 5) is 14.7. The number of hydrogen-bond donors (Lipinski definition) is 1. The number of hydrogen-bond acceptors (Lipinski definition) is 3. The van der Waals surface area contributed by atoms with Gasteiger partial charge in [-0.25, -0.2) is 0 Å². The molecule has 0 unspecified atom stereocenters. The number of rotatable bonds is 4. The van der Waals surface area contributed by atoms with E-state index < -0.39 is 5.91 Å². The van der Waals surface area contributed by atoms with E-state index in [1.54, 1.807) is 12.3 Å². The van der Waals surface area contributed by atoms with Crippen LogP contribution >= 0.6 is 0 Å². The molecule has 0 spiro atoms. The molecular weight excluding hydrogens is 168 g/mol. The number of nitrogens with two attached hydrogens (primary N) is 1. The Kier molecular flexibility index (Phi) is 3.25. The van der Waals surface area contributed by atoms with Gasteiger partial charge in [0.1, 0.15) is 5.75 Å². The first-order chi connectivity index (χ1) is 6.25. The first-order valence-corrected chi connectivity index (χ1v) is 4.12. The van der Waals surface area contributed by atoms with Crippen molar-refractivity contribution in [1.82, 2.24) is 4.98 Å². The Morgan fingerprint density at radius 1 is 1.69 bits per heavy atom. The fraction of sp³-hybridized carbons (Fsp3) is 0.333. The van der Waals surface area contributed by atoms with Gasteiger partial charge in [0, 0.05) is 12.4 Å². The summed E-state index contributed by atoms with van der Waals surface area (Å²) in [6, 6.07) is 1.63. The van der Waals surface area contributed by atoms with Gasteiger partial charge in [0.2, 0.25) is 0 Å². The van der Waals surface area contributed by atoms with Crippen molar-refractivity contribution < 1.29 is 9.53 Å². The predicted molar refractivity (Wildman–Crippen MR) is 48.5 cm³/mol. The zero-order valence-electron chi connectivity index (χ0n) is 7.49. The summed E-state index contributed by atoms with van der Waals surface area (Å²) in [5, 5.41) is 0. The summed E-state index contributed by atoms with van der Waals surface area (Å²) < 4.78 is 5.31. The van der Waals surface area contributed by atoms with Gasteiger partial charge in [-0.3, -0.25) is 9.78 Å². The maximum absolute atomic E-state index is 10.9. The molecule has 2 N–H and O–H groups in total. The van der Waals surface area contributed by atoms with E-state index in [0.717, 1.165) is 6.42 Å². The molecule has 0 saturated heterocycles. The van der Waals surface area contributed by atoms with Crippen molar-refractivity contribution in [3.05, 3.63) is 24.0 Å². The topological polar surface area (TPSA) is 65.2 Å². The minimum Gasteiger partial charge on any atom is -0.493 e. The largest absolute Gasteiger partial charge is 0.493 e. The normalized spacial score (nSPS) is 9.62. The van der Waals surface area contributed by atoms with Crippen LogP contribution in [0.25, 0.3) is 0 Å². The van der Waals surface area contributed by atoms with Gasteiger partial charge in [0.25, 0.3) is 5.91 Å². The second kappa shape index (κ2) is 4.45. The standard InChI is InChI=1S/C9H12N2O2/c1-2-5-13-8-3-4-11-6-7(8)9(10)12/h3-4,6H,2,5H2,1H3,(H2,10,12). The van der Waals surface area contributed by atoms with E-state index in [-0.39, 0.29) is 0 Å². The monoisotopic (exact) mass is 180 g/mol. The van der Waals surface area contributed by atoms with Crippen LogP contribution in [0.3, 0.4) is 0 Å². The van der Waals surface area contributed by atoms with Crippen molar-refractivity contribution in [2.24, 2.45) is 5.73 Å². The van der Waals surface area contributed by atoms with Crippen LogP contribution in [0.2, 0.25) is 0 Å². The molecule has 4 heteroatoms. The second-order valence-corrected chi connectivity index (χ2v) is 2.58. The average Bonchev–Trinajstić information content (AvgIpc) is 2.15. The maximum atomic E-state index is 10.9. The summed E-state index contributed by atoms with van der Waals surface area (Å²) in [6.07, 6.45) is 3.87. The van der Waals surface area contributed by atoms with E-state index in [0.29, 0.717) is 17.9 Å². The number of amides is 1. The Morgan fingerprint density at radius 2 is 2.46 bits per heavy atom. The summed E-state index contributed by atoms with van der Waals surface area (Å²) in [5.74, 6) is -0.0106. The molecule has 0 radical (unpaired) electrons. The van der Waals surface area contributed by atoms with E-state index >= 15 is 0 Å². The van der Waals surface area contributed by atoms with Crippen molar-refractivity contribution in [3.63, 3.8) is 0 Å². The molecule has 0 aliphatic heterocycles. The van der Waals surface area contributed by atoms with E-state index in [9.17, 15) is 4.79 Å². The van der Waals surface area contributed by atoms with Crippen LogP contribution in [-0.4, -0.2) is 17.5 Å². The highest BCUT2D eigenvalue weighted by atomic mass is 16.5. The molecule has 0 fully saturated rings. The van der Waals surface area contributed by atoms with Gasteiger partial charge in [-0.2, -0.15) is 0 Å². The van der Waals surface area contributed by atoms with Crippen LogP contribution in [0.1, 0.15) is 23.7 Å². The van der Waals surface area contributed by atoms with Gasteiger partial charge < -0.3 is 10.5 Å². The number of primary amides is 1. The van der Waals surface area contributed by atoms with Crippen LogP contribution in [-0.2, 0) is 0 Å². The summed E-state index contributed by atoms with van der Waals surface area (Å²) >= 11 is 0. The molecule has 0 bridgehead atoms. The molecule has 13 heavy (non-hydrogen) atoms. The van der Waals surface area contributed by atoms with Gasteiger partial charge in [0.15, 0.2) is 0 Å². The average molecular weight is 180 g/mol.